The van der Waals surface area contributed by atoms with Gasteiger partial charge < -0.3 is 10.0 Å². The molecule has 0 aliphatic heterocycles. The molecule has 1 aromatic heterocycles. The summed E-state index contributed by atoms with van der Waals surface area (Å²) in [6, 6.07) is 8.33. The predicted octanol–water partition coefficient (Wildman–Crippen LogP) is 4.46. The Labute approximate surface area is 133 Å². The van der Waals surface area contributed by atoms with Gasteiger partial charge in [0.1, 0.15) is 6.10 Å². The van der Waals surface area contributed by atoms with Crippen molar-refractivity contribution < 1.29 is 5.11 Å². The highest BCUT2D eigenvalue weighted by Gasteiger charge is 2.14. The first-order valence-electron chi connectivity index (χ1n) is 6.23. The Balaban J connectivity index is 0.00000180. The van der Waals surface area contributed by atoms with E-state index in [9.17, 15) is 5.11 Å². The zero-order chi connectivity index (χ0) is 13.1. The summed E-state index contributed by atoms with van der Waals surface area (Å²) in [5.41, 5.74) is 0. The van der Waals surface area contributed by atoms with Crippen LogP contribution in [-0.2, 0) is 0 Å². The molecule has 0 saturated heterocycles. The lowest BCUT2D eigenvalue weighted by molar-refractivity contribution is 0.122. The lowest BCUT2D eigenvalue weighted by atomic mass is 10.2. The van der Waals surface area contributed by atoms with E-state index in [1.165, 1.54) is 10.1 Å². The van der Waals surface area contributed by atoms with E-state index in [4.69, 9.17) is 0 Å². The third-order valence-corrected chi connectivity index (χ3v) is 4.86. The van der Waals surface area contributed by atoms with E-state index in [2.05, 4.69) is 52.9 Å². The zero-order valence-electron chi connectivity index (χ0n) is 11.1. The van der Waals surface area contributed by atoms with Crippen molar-refractivity contribution in [1.29, 1.82) is 0 Å². The Bertz CT molecular complexity index is 527. The van der Waals surface area contributed by atoms with Crippen LogP contribution in [0.2, 0.25) is 0 Å². The molecule has 106 valence electrons. The monoisotopic (exact) mass is 363 g/mol. The van der Waals surface area contributed by atoms with Gasteiger partial charge in [-0.2, -0.15) is 0 Å². The molecule has 0 saturated carbocycles. The molecule has 19 heavy (non-hydrogen) atoms. The molecule has 1 unspecified atom stereocenters. The van der Waals surface area contributed by atoms with Gasteiger partial charge in [-0.3, -0.25) is 0 Å². The Morgan fingerprint density at radius 1 is 1.26 bits per heavy atom. The number of aliphatic hydroxyl groups is 1. The fourth-order valence-corrected chi connectivity index (χ4v) is 3.42. The van der Waals surface area contributed by atoms with Crippen LogP contribution in [0.4, 0.5) is 0 Å². The van der Waals surface area contributed by atoms with E-state index in [1.54, 1.807) is 11.3 Å². The van der Waals surface area contributed by atoms with Gasteiger partial charge in [0.05, 0.1) is 0 Å². The minimum atomic E-state index is -0.388. The van der Waals surface area contributed by atoms with Gasteiger partial charge in [-0.25, -0.2) is 0 Å². The SMILES string of the molecule is CCN(CC)CC(O)c1cc2cc(Br)ccc2s1.Cl. The van der Waals surface area contributed by atoms with Gasteiger partial charge >= 0.3 is 0 Å². The summed E-state index contributed by atoms with van der Waals surface area (Å²) in [6.07, 6.45) is -0.388. The van der Waals surface area contributed by atoms with Crippen molar-refractivity contribution in [3.63, 3.8) is 0 Å². The second kappa shape index (κ2) is 7.60. The maximum absolute atomic E-state index is 10.3. The molecule has 0 fully saturated rings. The number of likely N-dealkylation sites (N-methyl/N-ethyl adjacent to an activating group) is 1. The number of benzene rings is 1. The Hall–Kier alpha value is -0.130. The smallest absolute Gasteiger partial charge is 0.101 e. The van der Waals surface area contributed by atoms with Gasteiger partial charge in [0, 0.05) is 20.6 Å². The molecule has 1 heterocycles. The first-order chi connectivity index (χ1) is 8.63. The number of hydrogen-bond donors (Lipinski definition) is 1. The van der Waals surface area contributed by atoms with Gasteiger partial charge in [-0.1, -0.05) is 29.8 Å². The molecule has 0 spiro atoms. The third-order valence-electron chi connectivity index (χ3n) is 3.15. The molecule has 0 amide bonds. The average molecular weight is 365 g/mol. The molecule has 1 aromatic carbocycles. The van der Waals surface area contributed by atoms with Crippen molar-refractivity contribution in [2.75, 3.05) is 19.6 Å². The molecular formula is C14H19BrClNOS. The average Bonchev–Trinajstić information content (AvgIpc) is 2.78. The summed E-state index contributed by atoms with van der Waals surface area (Å²) in [5.74, 6) is 0. The van der Waals surface area contributed by atoms with Crippen molar-refractivity contribution in [3.8, 4) is 0 Å². The van der Waals surface area contributed by atoms with Crippen LogP contribution >= 0.6 is 39.7 Å². The van der Waals surface area contributed by atoms with Gasteiger partial charge in [0.2, 0.25) is 0 Å². The zero-order valence-corrected chi connectivity index (χ0v) is 14.3. The summed E-state index contributed by atoms with van der Waals surface area (Å²) in [6.45, 7) is 6.91. The van der Waals surface area contributed by atoms with Gasteiger partial charge in [-0.15, -0.1) is 23.7 Å². The van der Waals surface area contributed by atoms with Crippen LogP contribution < -0.4 is 0 Å². The number of thiophene rings is 1. The largest absolute Gasteiger partial charge is 0.386 e. The van der Waals surface area contributed by atoms with E-state index < -0.39 is 0 Å². The highest BCUT2D eigenvalue weighted by Crippen LogP contribution is 2.32. The van der Waals surface area contributed by atoms with Gasteiger partial charge in [-0.05, 0) is 42.7 Å². The molecule has 1 atom stereocenters. The summed E-state index contributed by atoms with van der Waals surface area (Å²) in [4.78, 5) is 3.29. The lowest BCUT2D eigenvalue weighted by Crippen LogP contribution is -2.27. The Morgan fingerprint density at radius 3 is 2.58 bits per heavy atom. The van der Waals surface area contributed by atoms with Crippen molar-refractivity contribution in [2.45, 2.75) is 20.0 Å². The Morgan fingerprint density at radius 2 is 1.95 bits per heavy atom. The van der Waals surface area contributed by atoms with E-state index >= 15 is 0 Å². The van der Waals surface area contributed by atoms with Gasteiger partial charge in [0.25, 0.3) is 0 Å². The maximum Gasteiger partial charge on any atom is 0.101 e. The fraction of sp³-hybridized carbons (Fsp3) is 0.429. The Kier molecular flexibility index (Phi) is 6.77. The molecule has 2 nitrogen and oxygen atoms in total. The topological polar surface area (TPSA) is 23.5 Å². The van der Waals surface area contributed by atoms with E-state index in [0.29, 0.717) is 6.54 Å². The molecule has 0 radical (unpaired) electrons. The molecule has 5 heteroatoms. The molecular weight excluding hydrogens is 346 g/mol. The van der Waals surface area contributed by atoms with Crippen LogP contribution in [0.1, 0.15) is 24.8 Å². The molecule has 0 bridgehead atoms. The fourth-order valence-electron chi connectivity index (χ4n) is 2.02. The molecule has 2 aromatic rings. The van der Waals surface area contributed by atoms with Crippen LogP contribution in [0.5, 0.6) is 0 Å². The standard InChI is InChI=1S/C14H18BrNOS.ClH/c1-3-16(4-2)9-12(17)14-8-10-7-11(15)5-6-13(10)18-14;/h5-8,12,17H,3-4,9H2,1-2H3;1H. The molecule has 0 aliphatic rings. The number of rotatable bonds is 5. The maximum atomic E-state index is 10.3. The van der Waals surface area contributed by atoms with Crippen LogP contribution in [0.25, 0.3) is 10.1 Å². The normalized spacial score (nSPS) is 12.7. The van der Waals surface area contributed by atoms with E-state index in [0.717, 1.165) is 22.4 Å². The van der Waals surface area contributed by atoms with E-state index in [1.807, 2.05) is 6.07 Å². The highest BCUT2D eigenvalue weighted by atomic mass is 79.9. The van der Waals surface area contributed by atoms with Crippen LogP contribution in [-0.4, -0.2) is 29.6 Å². The van der Waals surface area contributed by atoms with Gasteiger partial charge in [0.15, 0.2) is 0 Å². The third kappa shape index (κ3) is 4.17. The van der Waals surface area contributed by atoms with Crippen LogP contribution in [0.3, 0.4) is 0 Å². The summed E-state index contributed by atoms with van der Waals surface area (Å²) in [7, 11) is 0. The summed E-state index contributed by atoms with van der Waals surface area (Å²) >= 11 is 5.15. The first kappa shape index (κ1) is 16.9. The van der Waals surface area contributed by atoms with Crippen molar-refractivity contribution in [2.24, 2.45) is 0 Å². The number of aliphatic hydroxyl groups excluding tert-OH is 1. The minimum Gasteiger partial charge on any atom is -0.386 e. The van der Waals surface area contributed by atoms with Crippen molar-refractivity contribution in [3.05, 3.63) is 33.6 Å². The van der Waals surface area contributed by atoms with E-state index in [-0.39, 0.29) is 18.5 Å². The number of fused-ring (bicyclic) bond motifs is 1. The number of hydrogen-bond acceptors (Lipinski definition) is 3. The lowest BCUT2D eigenvalue weighted by Gasteiger charge is -2.20. The summed E-state index contributed by atoms with van der Waals surface area (Å²) < 4.78 is 2.31. The first-order valence-corrected chi connectivity index (χ1v) is 7.84. The quantitative estimate of drug-likeness (QED) is 0.846. The molecule has 1 N–H and O–H groups in total. The van der Waals surface area contributed by atoms with Crippen LogP contribution in [0, 0.1) is 0 Å². The minimum absolute atomic E-state index is 0. The second-order valence-electron chi connectivity index (χ2n) is 4.33. The summed E-state index contributed by atoms with van der Waals surface area (Å²) in [5, 5.41) is 11.5. The predicted molar refractivity (Wildman–Crippen MR) is 89.5 cm³/mol. The highest BCUT2D eigenvalue weighted by molar-refractivity contribution is 9.10. The van der Waals surface area contributed by atoms with Crippen molar-refractivity contribution >= 4 is 49.8 Å². The molecule has 0 aliphatic carbocycles. The molecule has 2 rings (SSSR count). The number of halogens is 2. The second-order valence-corrected chi connectivity index (χ2v) is 6.36. The van der Waals surface area contributed by atoms with Crippen molar-refractivity contribution in [1.82, 2.24) is 4.90 Å². The van der Waals surface area contributed by atoms with Crippen LogP contribution in [0.15, 0.2) is 28.7 Å². The number of nitrogens with zero attached hydrogens (tertiary/aromatic N) is 1.